The molecule has 1 aliphatic heterocycles. The van der Waals surface area contributed by atoms with Crippen molar-refractivity contribution in [2.24, 2.45) is 0 Å². The fourth-order valence-electron chi connectivity index (χ4n) is 3.56. The van der Waals surface area contributed by atoms with Crippen LogP contribution >= 0.6 is 0 Å². The summed E-state index contributed by atoms with van der Waals surface area (Å²) < 4.78 is 15.1. The van der Waals surface area contributed by atoms with Gasteiger partial charge in [0.25, 0.3) is 11.8 Å². The van der Waals surface area contributed by atoms with Gasteiger partial charge in [-0.3, -0.25) is 9.59 Å². The lowest BCUT2D eigenvalue weighted by Gasteiger charge is -2.22. The number of carbonyl (C=O) groups excluding carboxylic acids is 2. The molecule has 29 heavy (non-hydrogen) atoms. The first-order chi connectivity index (χ1) is 14.1. The number of nitrogens with zero attached hydrogens (tertiary/aromatic N) is 3. The number of rotatable bonds is 3. The molecular weight excluding hydrogens is 369 g/mol. The number of hydrogen-bond acceptors (Lipinski definition) is 2. The van der Waals surface area contributed by atoms with Crippen molar-refractivity contribution in [3.63, 3.8) is 0 Å². The van der Waals surface area contributed by atoms with E-state index in [4.69, 9.17) is 0 Å². The van der Waals surface area contributed by atoms with Crippen LogP contribution in [-0.2, 0) is 0 Å². The van der Waals surface area contributed by atoms with Crippen molar-refractivity contribution < 1.29 is 14.0 Å². The Morgan fingerprint density at radius 2 is 1.17 bits per heavy atom. The maximum absolute atomic E-state index is 13.1. The summed E-state index contributed by atoms with van der Waals surface area (Å²) in [5.41, 5.74) is 2.10. The molecule has 0 aliphatic carbocycles. The first-order valence-electron chi connectivity index (χ1n) is 9.69. The molecular formula is C23H22FN3O2. The van der Waals surface area contributed by atoms with Gasteiger partial charge in [-0.1, -0.05) is 0 Å². The molecule has 6 heteroatoms. The van der Waals surface area contributed by atoms with Crippen molar-refractivity contribution in [1.29, 1.82) is 0 Å². The van der Waals surface area contributed by atoms with Gasteiger partial charge in [0, 0.05) is 55.4 Å². The zero-order valence-corrected chi connectivity index (χ0v) is 16.0. The first kappa shape index (κ1) is 18.9. The molecule has 5 nitrogen and oxygen atoms in total. The van der Waals surface area contributed by atoms with E-state index in [2.05, 4.69) is 0 Å². The smallest absolute Gasteiger partial charge is 0.253 e. The first-order valence-corrected chi connectivity index (χ1v) is 9.69. The summed E-state index contributed by atoms with van der Waals surface area (Å²) in [5, 5.41) is 0. The van der Waals surface area contributed by atoms with Gasteiger partial charge in [-0.15, -0.1) is 0 Å². The minimum Gasteiger partial charge on any atom is -0.337 e. The summed E-state index contributed by atoms with van der Waals surface area (Å²) >= 11 is 0. The Labute approximate surface area is 169 Å². The predicted octanol–water partition coefficient (Wildman–Crippen LogP) is 3.60. The van der Waals surface area contributed by atoms with E-state index in [9.17, 15) is 14.0 Å². The minimum atomic E-state index is -0.364. The van der Waals surface area contributed by atoms with E-state index in [-0.39, 0.29) is 17.6 Å². The molecule has 1 fully saturated rings. The van der Waals surface area contributed by atoms with Crippen LogP contribution in [0, 0.1) is 5.82 Å². The van der Waals surface area contributed by atoms with Gasteiger partial charge in [0.05, 0.1) is 0 Å². The molecule has 1 aliphatic rings. The highest BCUT2D eigenvalue weighted by molar-refractivity contribution is 5.95. The van der Waals surface area contributed by atoms with Crippen LogP contribution in [0.4, 0.5) is 4.39 Å². The lowest BCUT2D eigenvalue weighted by atomic mass is 10.1. The van der Waals surface area contributed by atoms with Crippen LogP contribution < -0.4 is 0 Å². The molecule has 3 aromatic rings. The average molecular weight is 391 g/mol. The third kappa shape index (κ3) is 4.21. The van der Waals surface area contributed by atoms with Gasteiger partial charge >= 0.3 is 0 Å². The Bertz CT molecular complexity index is 982. The number of carbonyl (C=O) groups is 2. The van der Waals surface area contributed by atoms with Crippen LogP contribution in [0.15, 0.2) is 73.1 Å². The maximum Gasteiger partial charge on any atom is 0.253 e. The van der Waals surface area contributed by atoms with Gasteiger partial charge in [-0.2, -0.15) is 0 Å². The number of amides is 2. The van der Waals surface area contributed by atoms with E-state index in [0.717, 1.165) is 5.69 Å². The van der Waals surface area contributed by atoms with Crippen LogP contribution in [0.5, 0.6) is 0 Å². The SMILES string of the molecule is O=C(c1ccc(F)cc1)N1CCCN(C(=O)c2ccc(-n3cccc3)cc2)CC1. The quantitative estimate of drug-likeness (QED) is 0.685. The summed E-state index contributed by atoms with van der Waals surface area (Å²) in [4.78, 5) is 29.1. The number of halogens is 1. The molecule has 1 aromatic heterocycles. The van der Waals surface area contributed by atoms with Crippen molar-refractivity contribution in [3.05, 3.63) is 90.0 Å². The summed E-state index contributed by atoms with van der Waals surface area (Å²) in [7, 11) is 0. The molecule has 0 spiro atoms. The molecule has 2 aromatic carbocycles. The largest absolute Gasteiger partial charge is 0.337 e. The molecule has 0 atom stereocenters. The van der Waals surface area contributed by atoms with Crippen molar-refractivity contribution >= 4 is 11.8 Å². The second-order valence-corrected chi connectivity index (χ2v) is 7.08. The highest BCUT2D eigenvalue weighted by atomic mass is 19.1. The zero-order chi connectivity index (χ0) is 20.2. The highest BCUT2D eigenvalue weighted by Crippen LogP contribution is 2.15. The lowest BCUT2D eigenvalue weighted by Crippen LogP contribution is -2.37. The van der Waals surface area contributed by atoms with Crippen LogP contribution in [0.2, 0.25) is 0 Å². The Morgan fingerprint density at radius 1 is 0.690 bits per heavy atom. The number of benzene rings is 2. The maximum atomic E-state index is 13.1. The van der Waals surface area contributed by atoms with Crippen LogP contribution in [0.25, 0.3) is 5.69 Å². The van der Waals surface area contributed by atoms with E-state index >= 15 is 0 Å². The molecule has 0 radical (unpaired) electrons. The Morgan fingerprint density at radius 3 is 1.69 bits per heavy atom. The molecule has 148 valence electrons. The summed E-state index contributed by atoms with van der Waals surface area (Å²) in [6, 6.07) is 17.0. The van der Waals surface area contributed by atoms with Gasteiger partial charge in [0.2, 0.25) is 0 Å². The van der Waals surface area contributed by atoms with Crippen LogP contribution in [0.3, 0.4) is 0 Å². The second-order valence-electron chi connectivity index (χ2n) is 7.08. The van der Waals surface area contributed by atoms with E-state index in [1.165, 1.54) is 24.3 Å². The van der Waals surface area contributed by atoms with E-state index in [1.807, 2.05) is 53.4 Å². The van der Waals surface area contributed by atoms with Gasteiger partial charge in [0.15, 0.2) is 0 Å². The summed E-state index contributed by atoms with van der Waals surface area (Å²) in [6.07, 6.45) is 4.62. The number of hydrogen-bond donors (Lipinski definition) is 0. The highest BCUT2D eigenvalue weighted by Gasteiger charge is 2.23. The standard InChI is InChI=1S/C23H22FN3O2/c24-20-8-4-18(5-9-20)22(28)26-14-3-15-27(17-16-26)23(29)19-6-10-21(11-7-19)25-12-1-2-13-25/h1-2,4-13H,3,14-17H2. The van der Waals surface area contributed by atoms with Crippen LogP contribution in [0.1, 0.15) is 27.1 Å². The fraction of sp³-hybridized carbons (Fsp3) is 0.217. The van der Waals surface area contributed by atoms with E-state index < -0.39 is 0 Å². The lowest BCUT2D eigenvalue weighted by molar-refractivity contribution is 0.0718. The number of aromatic nitrogens is 1. The summed E-state index contributed by atoms with van der Waals surface area (Å²) in [6.45, 7) is 2.12. The Balaban J connectivity index is 1.40. The predicted molar refractivity (Wildman–Crippen MR) is 109 cm³/mol. The zero-order valence-electron chi connectivity index (χ0n) is 16.0. The topological polar surface area (TPSA) is 45.6 Å². The molecule has 0 N–H and O–H groups in total. The second kappa shape index (κ2) is 8.31. The van der Waals surface area contributed by atoms with E-state index in [1.54, 1.807) is 9.80 Å². The Kier molecular flexibility index (Phi) is 5.42. The molecule has 0 saturated carbocycles. The molecule has 1 saturated heterocycles. The van der Waals surface area contributed by atoms with Gasteiger partial charge in [0.1, 0.15) is 5.82 Å². The van der Waals surface area contributed by atoms with Crippen molar-refractivity contribution in [2.75, 3.05) is 26.2 Å². The Hall–Kier alpha value is -3.41. The molecule has 0 unspecified atom stereocenters. The monoisotopic (exact) mass is 391 g/mol. The van der Waals surface area contributed by atoms with Gasteiger partial charge < -0.3 is 14.4 Å². The normalized spacial score (nSPS) is 14.5. The molecule has 2 amide bonds. The minimum absolute atomic E-state index is 0.0277. The van der Waals surface area contributed by atoms with Crippen LogP contribution in [-0.4, -0.2) is 52.4 Å². The fourth-order valence-corrected chi connectivity index (χ4v) is 3.56. The molecule has 2 heterocycles. The van der Waals surface area contributed by atoms with Crippen molar-refractivity contribution in [2.45, 2.75) is 6.42 Å². The molecule has 0 bridgehead atoms. The van der Waals surface area contributed by atoms with E-state index in [0.29, 0.717) is 43.7 Å². The average Bonchev–Trinajstić information content (AvgIpc) is 3.18. The van der Waals surface area contributed by atoms with Gasteiger partial charge in [-0.25, -0.2) is 4.39 Å². The van der Waals surface area contributed by atoms with Gasteiger partial charge in [-0.05, 0) is 67.1 Å². The third-order valence-corrected chi connectivity index (χ3v) is 5.18. The third-order valence-electron chi connectivity index (χ3n) is 5.18. The van der Waals surface area contributed by atoms with Crippen molar-refractivity contribution in [3.8, 4) is 5.69 Å². The summed E-state index contributed by atoms with van der Waals surface area (Å²) in [5.74, 6) is -0.521. The van der Waals surface area contributed by atoms with Crippen molar-refractivity contribution in [1.82, 2.24) is 14.4 Å². The molecule has 4 rings (SSSR count).